The van der Waals surface area contributed by atoms with Crippen molar-refractivity contribution < 1.29 is 13.2 Å². The van der Waals surface area contributed by atoms with Gasteiger partial charge in [-0.1, -0.05) is 0 Å². The van der Waals surface area contributed by atoms with Crippen molar-refractivity contribution in [1.29, 1.82) is 0 Å². The zero-order valence-electron chi connectivity index (χ0n) is 5.24. The number of benzene rings is 1. The molecule has 1 aromatic carbocycles. The Bertz CT molecular complexity index is 274. The van der Waals surface area contributed by atoms with E-state index >= 15 is 0 Å². The smallest absolute Gasteiger partial charge is 0.183 e. The second kappa shape index (κ2) is 2.65. The normalized spacial score (nSPS) is 10.2. The lowest BCUT2D eigenvalue weighted by Gasteiger charge is -2.01. The summed E-state index contributed by atoms with van der Waals surface area (Å²) in [5, 5.41) is 0. The first kappa shape index (κ1) is 8.26. The fraction of sp³-hybridized carbons (Fsp3) is 0. The van der Waals surface area contributed by atoms with Crippen LogP contribution < -0.4 is 5.73 Å². The molecule has 0 aliphatic carbocycles. The molecule has 1 aromatic rings. The molecule has 5 heteroatoms. The van der Waals surface area contributed by atoms with Crippen LogP contribution in [0.25, 0.3) is 0 Å². The van der Waals surface area contributed by atoms with Crippen molar-refractivity contribution in [2.75, 3.05) is 5.73 Å². The number of anilines is 1. The number of rotatable bonds is 0. The average molecular weight is 179 g/mol. The second-order valence-corrected chi connectivity index (χ2v) is 2.36. The second-order valence-electron chi connectivity index (χ2n) is 1.92. The summed E-state index contributed by atoms with van der Waals surface area (Å²) in [6, 6.07) is 0.397. The van der Waals surface area contributed by atoms with Gasteiger partial charge >= 0.3 is 0 Å². The fourth-order valence-electron chi connectivity index (χ4n) is 0.604. The van der Waals surface area contributed by atoms with E-state index < -0.39 is 23.1 Å². The van der Waals surface area contributed by atoms with Gasteiger partial charge in [0.15, 0.2) is 11.6 Å². The van der Waals surface area contributed by atoms with Gasteiger partial charge in [0.25, 0.3) is 0 Å². The van der Waals surface area contributed by atoms with Crippen LogP contribution in [0.5, 0.6) is 0 Å². The summed E-state index contributed by atoms with van der Waals surface area (Å²) in [5.74, 6) is -3.54. The van der Waals surface area contributed by atoms with E-state index in [1.807, 2.05) is 0 Å². The molecule has 0 unspecified atom stereocenters. The zero-order valence-corrected chi connectivity index (χ0v) is 6.13. The van der Waals surface area contributed by atoms with E-state index in [1.165, 1.54) is 0 Å². The molecule has 1 rings (SSSR count). The van der Waals surface area contributed by atoms with Gasteiger partial charge in [-0.2, -0.15) is 0 Å². The number of nitrogen functional groups attached to an aromatic ring is 1. The maximum Gasteiger partial charge on any atom is 0.183 e. The molecule has 0 amide bonds. The third-order valence-electron chi connectivity index (χ3n) is 1.18. The Hall–Kier alpha value is -0.840. The minimum Gasteiger partial charge on any atom is -0.395 e. The molecule has 2 N–H and O–H groups in total. The third kappa shape index (κ3) is 1.28. The third-order valence-corrected chi connectivity index (χ3v) is 1.64. The number of thiol groups is 1. The molecule has 0 aromatic heterocycles. The Balaban J connectivity index is 3.46. The van der Waals surface area contributed by atoms with Crippen LogP contribution in [0.2, 0.25) is 0 Å². The lowest BCUT2D eigenvalue weighted by molar-refractivity contribution is 0.490. The average Bonchev–Trinajstić information content (AvgIpc) is 1.97. The Morgan fingerprint density at radius 1 is 1.18 bits per heavy atom. The first-order valence-corrected chi connectivity index (χ1v) is 3.10. The van der Waals surface area contributed by atoms with E-state index in [-0.39, 0.29) is 4.90 Å². The van der Waals surface area contributed by atoms with Gasteiger partial charge in [-0.3, -0.25) is 0 Å². The molecule has 0 heterocycles. The quantitative estimate of drug-likeness (QED) is 0.355. The van der Waals surface area contributed by atoms with Crippen molar-refractivity contribution in [3.05, 3.63) is 23.5 Å². The topological polar surface area (TPSA) is 26.0 Å². The van der Waals surface area contributed by atoms with Crippen LogP contribution in [0.1, 0.15) is 0 Å². The largest absolute Gasteiger partial charge is 0.395 e. The fourth-order valence-corrected chi connectivity index (χ4v) is 0.767. The summed E-state index contributed by atoms with van der Waals surface area (Å²) in [5.41, 5.74) is 4.35. The standard InChI is InChI=1S/C6H4F3NS/c7-2-1-3(8)6(11)5(10)4(2)9/h1,11H,10H2. The Morgan fingerprint density at radius 3 is 2.27 bits per heavy atom. The summed E-state index contributed by atoms with van der Waals surface area (Å²) in [6.45, 7) is 0. The van der Waals surface area contributed by atoms with Crippen molar-refractivity contribution in [2.45, 2.75) is 4.90 Å². The van der Waals surface area contributed by atoms with E-state index in [1.54, 1.807) is 0 Å². The highest BCUT2D eigenvalue weighted by Crippen LogP contribution is 2.25. The number of hydrogen-bond acceptors (Lipinski definition) is 2. The molecule has 0 saturated carbocycles. The number of nitrogens with two attached hydrogens (primary N) is 1. The van der Waals surface area contributed by atoms with E-state index in [2.05, 4.69) is 12.6 Å². The molecule has 0 radical (unpaired) electrons. The predicted octanol–water partition coefficient (Wildman–Crippen LogP) is 1.97. The van der Waals surface area contributed by atoms with Gasteiger partial charge in [0.1, 0.15) is 5.82 Å². The van der Waals surface area contributed by atoms with Gasteiger partial charge in [-0.15, -0.1) is 12.6 Å². The Morgan fingerprint density at radius 2 is 1.73 bits per heavy atom. The zero-order chi connectivity index (χ0) is 8.59. The highest BCUT2D eigenvalue weighted by Gasteiger charge is 2.13. The molecule has 0 saturated heterocycles. The van der Waals surface area contributed by atoms with E-state index in [0.29, 0.717) is 6.07 Å². The van der Waals surface area contributed by atoms with Crippen molar-refractivity contribution in [3.63, 3.8) is 0 Å². The summed E-state index contributed by atoms with van der Waals surface area (Å²) < 4.78 is 37.2. The summed E-state index contributed by atoms with van der Waals surface area (Å²) in [7, 11) is 0. The lowest BCUT2D eigenvalue weighted by Crippen LogP contribution is -1.98. The first-order chi connectivity index (χ1) is 5.04. The van der Waals surface area contributed by atoms with Crippen LogP contribution >= 0.6 is 12.6 Å². The molecular weight excluding hydrogens is 175 g/mol. The van der Waals surface area contributed by atoms with Gasteiger partial charge in [-0.05, 0) is 0 Å². The van der Waals surface area contributed by atoms with E-state index in [0.717, 1.165) is 0 Å². The summed E-state index contributed by atoms with van der Waals surface area (Å²) in [6.07, 6.45) is 0. The van der Waals surface area contributed by atoms with Crippen LogP contribution in [-0.4, -0.2) is 0 Å². The molecule has 0 fully saturated rings. The molecule has 60 valence electrons. The molecule has 0 aliphatic rings. The lowest BCUT2D eigenvalue weighted by atomic mass is 10.3. The van der Waals surface area contributed by atoms with Crippen molar-refractivity contribution >= 4 is 18.3 Å². The molecular formula is C6H4F3NS. The van der Waals surface area contributed by atoms with E-state index in [9.17, 15) is 13.2 Å². The van der Waals surface area contributed by atoms with Crippen LogP contribution in [0, 0.1) is 17.5 Å². The highest BCUT2D eigenvalue weighted by molar-refractivity contribution is 7.80. The minimum atomic E-state index is -1.31. The van der Waals surface area contributed by atoms with Gasteiger partial charge < -0.3 is 5.73 Å². The van der Waals surface area contributed by atoms with Gasteiger partial charge in [0.2, 0.25) is 0 Å². The van der Waals surface area contributed by atoms with Crippen LogP contribution in [0.15, 0.2) is 11.0 Å². The maximum absolute atomic E-state index is 12.5. The molecule has 1 nitrogen and oxygen atoms in total. The SMILES string of the molecule is Nc1c(F)c(F)cc(F)c1S. The Labute approximate surface area is 66.4 Å². The molecule has 11 heavy (non-hydrogen) atoms. The van der Waals surface area contributed by atoms with Crippen molar-refractivity contribution in [3.8, 4) is 0 Å². The van der Waals surface area contributed by atoms with Gasteiger partial charge in [0.05, 0.1) is 10.6 Å². The van der Waals surface area contributed by atoms with Crippen LogP contribution in [0.4, 0.5) is 18.9 Å². The van der Waals surface area contributed by atoms with Crippen LogP contribution in [-0.2, 0) is 0 Å². The molecule has 0 bridgehead atoms. The summed E-state index contributed by atoms with van der Waals surface area (Å²) >= 11 is 3.52. The highest BCUT2D eigenvalue weighted by atomic mass is 32.1. The van der Waals surface area contributed by atoms with Crippen LogP contribution in [0.3, 0.4) is 0 Å². The molecule has 0 aliphatic heterocycles. The van der Waals surface area contributed by atoms with Crippen molar-refractivity contribution in [1.82, 2.24) is 0 Å². The monoisotopic (exact) mass is 179 g/mol. The van der Waals surface area contributed by atoms with E-state index in [4.69, 9.17) is 5.73 Å². The maximum atomic E-state index is 12.5. The minimum absolute atomic E-state index is 0.371. The number of halogens is 3. The molecule has 0 spiro atoms. The Kier molecular flexibility index (Phi) is 1.99. The van der Waals surface area contributed by atoms with Crippen molar-refractivity contribution in [2.24, 2.45) is 0 Å². The summed E-state index contributed by atoms with van der Waals surface area (Å²) in [4.78, 5) is -0.371. The number of hydrogen-bond donors (Lipinski definition) is 2. The predicted molar refractivity (Wildman–Crippen MR) is 38.0 cm³/mol. The first-order valence-electron chi connectivity index (χ1n) is 2.66. The van der Waals surface area contributed by atoms with Gasteiger partial charge in [-0.25, -0.2) is 13.2 Å². The molecule has 0 atom stereocenters. The van der Waals surface area contributed by atoms with Gasteiger partial charge in [0, 0.05) is 6.07 Å².